The van der Waals surface area contributed by atoms with Gasteiger partial charge in [0.2, 0.25) is 0 Å². The number of carbonyl (C=O) groups is 2. The van der Waals surface area contributed by atoms with E-state index in [9.17, 15) is 28.7 Å². The molecule has 6 heteroatoms. The monoisotopic (exact) mass is 395 g/mol. The molecular formula is C23H19F2NO3. The Bertz CT molecular complexity index is 1050. The van der Waals surface area contributed by atoms with Gasteiger partial charge < -0.3 is 5.11 Å². The van der Waals surface area contributed by atoms with Gasteiger partial charge in [-0.15, -0.1) is 0 Å². The van der Waals surface area contributed by atoms with E-state index in [4.69, 9.17) is 0 Å². The van der Waals surface area contributed by atoms with Crippen molar-refractivity contribution >= 4 is 11.8 Å². The van der Waals surface area contributed by atoms with E-state index in [1.165, 1.54) is 13.8 Å². The summed E-state index contributed by atoms with van der Waals surface area (Å²) in [7, 11) is 0. The van der Waals surface area contributed by atoms with Gasteiger partial charge in [-0.25, -0.2) is 0 Å². The second kappa shape index (κ2) is 6.93. The quantitative estimate of drug-likeness (QED) is 0.709. The average molecular weight is 395 g/mol. The van der Waals surface area contributed by atoms with Gasteiger partial charge in [-0.2, -0.15) is 14.0 Å². The van der Waals surface area contributed by atoms with Gasteiger partial charge in [-0.3, -0.25) is 9.59 Å². The van der Waals surface area contributed by atoms with Crippen LogP contribution in [0.2, 0.25) is 0 Å². The highest BCUT2D eigenvalue weighted by Crippen LogP contribution is 2.80. The zero-order valence-corrected chi connectivity index (χ0v) is 15.9. The van der Waals surface area contributed by atoms with Crippen molar-refractivity contribution in [1.82, 2.24) is 0 Å². The molecule has 148 valence electrons. The fourth-order valence-corrected chi connectivity index (χ4v) is 4.49. The third-order valence-electron chi connectivity index (χ3n) is 6.22. The van der Waals surface area contributed by atoms with Crippen molar-refractivity contribution < 1.29 is 23.5 Å². The molecule has 0 spiro atoms. The zero-order valence-electron chi connectivity index (χ0n) is 15.9. The molecule has 2 aromatic rings. The Kier molecular flexibility index (Phi) is 4.87. The summed E-state index contributed by atoms with van der Waals surface area (Å²) in [5.41, 5.74) is -3.45. The molecule has 4 nitrogen and oxygen atoms in total. The second-order valence-electron chi connectivity index (χ2n) is 7.76. The standard InChI is InChI=1S/C23H19F2NO3/c1-21(2)22(14-26,13-18(24)25)23(21,20(28)29)12-15-7-6-10-17(11-15)19(27)16-8-4-3-5-9-16/h3-11,13H,12H2,1-2H3,(H,28,29)/t22-,23-/m1/s1. The molecule has 0 unspecified atom stereocenters. The van der Waals surface area contributed by atoms with Crippen LogP contribution in [-0.2, 0) is 11.2 Å². The van der Waals surface area contributed by atoms with Gasteiger partial charge in [-0.05, 0) is 18.1 Å². The molecule has 1 aliphatic carbocycles. The van der Waals surface area contributed by atoms with Crippen LogP contribution < -0.4 is 0 Å². The van der Waals surface area contributed by atoms with E-state index in [1.807, 2.05) is 6.07 Å². The van der Waals surface area contributed by atoms with Crippen molar-refractivity contribution in [2.24, 2.45) is 16.2 Å². The highest BCUT2D eigenvalue weighted by Gasteiger charge is 2.86. The topological polar surface area (TPSA) is 78.2 Å². The van der Waals surface area contributed by atoms with Crippen molar-refractivity contribution in [3.63, 3.8) is 0 Å². The normalized spacial score (nSPS) is 24.2. The van der Waals surface area contributed by atoms with Crippen LogP contribution in [0.25, 0.3) is 0 Å². The lowest BCUT2D eigenvalue weighted by atomic mass is 9.85. The molecule has 0 aliphatic heterocycles. The summed E-state index contributed by atoms with van der Waals surface area (Å²) in [4.78, 5) is 24.9. The predicted octanol–water partition coefficient (Wildman–Crippen LogP) is 4.86. The molecule has 0 amide bonds. The first kappa shape index (κ1) is 20.4. The first-order valence-electron chi connectivity index (χ1n) is 9.00. The van der Waals surface area contributed by atoms with Crippen LogP contribution in [0.3, 0.4) is 0 Å². The summed E-state index contributed by atoms with van der Waals surface area (Å²) in [6.07, 6.45) is -1.78. The van der Waals surface area contributed by atoms with Gasteiger partial charge >= 0.3 is 5.97 Å². The summed E-state index contributed by atoms with van der Waals surface area (Å²) in [6, 6.07) is 16.9. The molecule has 1 aliphatic rings. The fourth-order valence-electron chi connectivity index (χ4n) is 4.49. The first-order valence-corrected chi connectivity index (χ1v) is 9.00. The van der Waals surface area contributed by atoms with E-state index >= 15 is 0 Å². The number of aliphatic carboxylic acids is 1. The molecule has 1 saturated carbocycles. The third-order valence-corrected chi connectivity index (χ3v) is 6.22. The molecule has 0 radical (unpaired) electrons. The van der Waals surface area contributed by atoms with Crippen LogP contribution in [0.5, 0.6) is 0 Å². The molecule has 0 bridgehead atoms. The summed E-state index contributed by atoms with van der Waals surface area (Å²) in [5.74, 6) is -1.55. The van der Waals surface area contributed by atoms with Crippen molar-refractivity contribution in [3.8, 4) is 6.07 Å². The van der Waals surface area contributed by atoms with Crippen LogP contribution in [0.1, 0.15) is 35.3 Å². The maximum atomic E-state index is 13.1. The van der Waals surface area contributed by atoms with Crippen LogP contribution in [0.4, 0.5) is 8.78 Å². The largest absolute Gasteiger partial charge is 0.481 e. The SMILES string of the molecule is CC1(C)[C@](C#N)(C=C(F)F)[C@]1(Cc1cccc(C(=O)c2ccccc2)c1)C(=O)O. The van der Waals surface area contributed by atoms with E-state index in [-0.39, 0.29) is 12.2 Å². The average Bonchev–Trinajstić information content (AvgIpc) is 3.10. The smallest absolute Gasteiger partial charge is 0.312 e. The number of ketones is 1. The Balaban J connectivity index is 2.03. The number of halogens is 2. The highest BCUT2D eigenvalue weighted by molar-refractivity contribution is 6.09. The fraction of sp³-hybridized carbons (Fsp3) is 0.261. The third kappa shape index (κ3) is 2.85. The van der Waals surface area contributed by atoms with Gasteiger partial charge in [0.1, 0.15) is 10.8 Å². The van der Waals surface area contributed by atoms with E-state index in [0.717, 1.165) is 0 Å². The summed E-state index contributed by atoms with van der Waals surface area (Å²) in [5, 5.41) is 19.6. The zero-order chi connectivity index (χ0) is 21.4. The van der Waals surface area contributed by atoms with Gasteiger partial charge in [-0.1, -0.05) is 62.4 Å². The Hall–Kier alpha value is -3.33. The molecule has 1 fully saturated rings. The summed E-state index contributed by atoms with van der Waals surface area (Å²) in [6.45, 7) is 3.01. The number of nitrogens with zero attached hydrogens (tertiary/aromatic N) is 1. The van der Waals surface area contributed by atoms with Crippen LogP contribution >= 0.6 is 0 Å². The second-order valence-corrected chi connectivity index (χ2v) is 7.76. The number of carboxylic acids is 1. The minimum absolute atomic E-state index is 0.150. The lowest BCUT2D eigenvalue weighted by molar-refractivity contribution is -0.145. The first-order chi connectivity index (χ1) is 13.6. The Morgan fingerprint density at radius 1 is 1.07 bits per heavy atom. The number of allylic oxidation sites excluding steroid dienone is 1. The summed E-state index contributed by atoms with van der Waals surface area (Å²) >= 11 is 0. The number of rotatable bonds is 6. The number of carboxylic acid groups (broad SMARTS) is 1. The molecule has 2 atom stereocenters. The number of hydrogen-bond acceptors (Lipinski definition) is 3. The Morgan fingerprint density at radius 3 is 2.24 bits per heavy atom. The minimum Gasteiger partial charge on any atom is -0.481 e. The Labute approximate surface area is 167 Å². The predicted molar refractivity (Wildman–Crippen MR) is 102 cm³/mol. The number of benzene rings is 2. The van der Waals surface area contributed by atoms with E-state index in [0.29, 0.717) is 22.8 Å². The molecule has 1 N–H and O–H groups in total. The van der Waals surface area contributed by atoms with Gasteiger partial charge in [0.15, 0.2) is 5.78 Å². The molecule has 0 aromatic heterocycles. The van der Waals surface area contributed by atoms with E-state index in [2.05, 4.69) is 0 Å². The van der Waals surface area contributed by atoms with E-state index < -0.39 is 28.3 Å². The molecule has 29 heavy (non-hydrogen) atoms. The molecule has 2 aromatic carbocycles. The maximum Gasteiger partial charge on any atom is 0.312 e. The van der Waals surface area contributed by atoms with Crippen LogP contribution in [-0.4, -0.2) is 16.9 Å². The summed E-state index contributed by atoms with van der Waals surface area (Å²) < 4.78 is 26.2. The number of hydrogen-bond donors (Lipinski definition) is 1. The van der Waals surface area contributed by atoms with Crippen molar-refractivity contribution in [1.29, 1.82) is 5.26 Å². The molecule has 0 heterocycles. The van der Waals surface area contributed by atoms with Gasteiger partial charge in [0.25, 0.3) is 6.08 Å². The van der Waals surface area contributed by atoms with Gasteiger partial charge in [0, 0.05) is 22.6 Å². The number of nitriles is 1. The van der Waals surface area contributed by atoms with Gasteiger partial charge in [0.05, 0.1) is 6.07 Å². The Morgan fingerprint density at radius 2 is 1.69 bits per heavy atom. The van der Waals surface area contributed by atoms with Crippen molar-refractivity contribution in [3.05, 3.63) is 83.4 Å². The van der Waals surface area contributed by atoms with Crippen LogP contribution in [0.15, 0.2) is 66.8 Å². The molecule has 3 rings (SSSR count). The molecule has 0 saturated heterocycles. The minimum atomic E-state index is -2.09. The number of carbonyl (C=O) groups excluding carboxylic acids is 1. The van der Waals surface area contributed by atoms with Crippen molar-refractivity contribution in [2.45, 2.75) is 20.3 Å². The van der Waals surface area contributed by atoms with Crippen molar-refractivity contribution in [2.75, 3.05) is 0 Å². The highest BCUT2D eigenvalue weighted by atomic mass is 19.3. The maximum absolute atomic E-state index is 13.1. The lowest BCUT2D eigenvalue weighted by Gasteiger charge is -2.16. The van der Waals surface area contributed by atoms with E-state index in [1.54, 1.807) is 54.6 Å². The lowest BCUT2D eigenvalue weighted by Crippen LogP contribution is -2.26. The van der Waals surface area contributed by atoms with Crippen LogP contribution in [0, 0.1) is 27.6 Å². The molecular weight excluding hydrogens is 376 g/mol.